The fraction of sp³-hybridized carbons (Fsp3) is 0.778. The molecule has 0 aromatic rings. The van der Waals surface area contributed by atoms with Gasteiger partial charge in [0.15, 0.2) is 0 Å². The first-order valence-electron chi connectivity index (χ1n) is 4.85. The van der Waals surface area contributed by atoms with Crippen LogP contribution in [0.25, 0.3) is 0 Å². The van der Waals surface area contributed by atoms with E-state index in [1.807, 2.05) is 0 Å². The van der Waals surface area contributed by atoms with Crippen molar-refractivity contribution in [2.45, 2.75) is 0 Å². The number of nitrogens with zero attached hydrogens (tertiary/aromatic N) is 1. The topological polar surface area (TPSA) is 78.9 Å². The molecule has 7 heteroatoms. The Bertz CT molecular complexity index is 306. The number of nitrogens with one attached hydrogen (secondary N) is 1. The quantitative estimate of drug-likeness (QED) is 0.629. The minimum absolute atomic E-state index is 0. The van der Waals surface area contributed by atoms with Crippen molar-refractivity contribution in [3.05, 3.63) is 0 Å². The van der Waals surface area contributed by atoms with Crippen LogP contribution in [-0.2, 0) is 9.53 Å². The predicted octanol–water partition coefficient (Wildman–Crippen LogP) is -0.219. The van der Waals surface area contributed by atoms with Gasteiger partial charge in [-0.05, 0) is 0 Å². The fourth-order valence-corrected chi connectivity index (χ4v) is 2.39. The predicted molar refractivity (Wildman–Crippen MR) is 57.7 cm³/mol. The van der Waals surface area contributed by atoms with Crippen LogP contribution in [0.4, 0.5) is 4.79 Å². The molecule has 1 spiro atoms. The van der Waals surface area contributed by atoms with E-state index in [1.54, 1.807) is 0 Å². The number of carbonyl (C=O) groups excluding carboxylic acids is 1. The van der Waals surface area contributed by atoms with Crippen LogP contribution in [-0.4, -0.2) is 55.4 Å². The van der Waals surface area contributed by atoms with E-state index in [2.05, 4.69) is 5.32 Å². The molecule has 2 aliphatic heterocycles. The Morgan fingerprint density at radius 2 is 2.12 bits per heavy atom. The number of amides is 1. The molecule has 0 bridgehead atoms. The number of rotatable bonds is 1. The van der Waals surface area contributed by atoms with Gasteiger partial charge >= 0.3 is 12.1 Å². The van der Waals surface area contributed by atoms with Gasteiger partial charge in [-0.3, -0.25) is 4.79 Å². The Kier molecular flexibility index (Phi) is 3.64. The molecular formula is C9H15ClN2O4. The van der Waals surface area contributed by atoms with Gasteiger partial charge in [0, 0.05) is 31.6 Å². The number of carboxylic acid groups (broad SMARTS) is 1. The van der Waals surface area contributed by atoms with Gasteiger partial charge in [0.05, 0.1) is 13.0 Å². The van der Waals surface area contributed by atoms with Crippen molar-refractivity contribution < 1.29 is 19.4 Å². The second-order valence-electron chi connectivity index (χ2n) is 4.20. The molecule has 2 heterocycles. The number of hydrogen-bond acceptors (Lipinski definition) is 4. The molecule has 0 aliphatic carbocycles. The molecule has 0 aromatic heterocycles. The van der Waals surface area contributed by atoms with E-state index in [4.69, 9.17) is 9.84 Å². The lowest BCUT2D eigenvalue weighted by molar-refractivity contribution is -0.149. The van der Waals surface area contributed by atoms with Crippen molar-refractivity contribution in [1.29, 1.82) is 0 Å². The Morgan fingerprint density at radius 1 is 1.50 bits per heavy atom. The van der Waals surface area contributed by atoms with Crippen molar-refractivity contribution in [3.8, 4) is 0 Å². The highest BCUT2D eigenvalue weighted by molar-refractivity contribution is 5.85. The lowest BCUT2D eigenvalue weighted by Gasteiger charge is -2.41. The molecule has 2 saturated heterocycles. The average molecular weight is 251 g/mol. The maximum Gasteiger partial charge on any atom is 0.407 e. The van der Waals surface area contributed by atoms with Crippen LogP contribution >= 0.6 is 12.4 Å². The molecule has 2 N–H and O–H groups in total. The molecule has 0 unspecified atom stereocenters. The third-order valence-corrected chi connectivity index (χ3v) is 3.36. The molecule has 0 saturated carbocycles. The Balaban J connectivity index is 0.00000128. The number of likely N-dealkylation sites (tertiary alicyclic amines) is 1. The summed E-state index contributed by atoms with van der Waals surface area (Å²) in [5, 5.41) is 12.0. The second-order valence-corrected chi connectivity index (χ2v) is 4.20. The van der Waals surface area contributed by atoms with Gasteiger partial charge in [-0.15, -0.1) is 12.4 Å². The molecule has 2 rings (SSSR count). The van der Waals surface area contributed by atoms with Gasteiger partial charge in [0.1, 0.15) is 0 Å². The van der Waals surface area contributed by atoms with Crippen LogP contribution in [0.2, 0.25) is 0 Å². The maximum absolute atomic E-state index is 11.5. The highest BCUT2D eigenvalue weighted by Crippen LogP contribution is 2.40. The SMILES string of the molecule is COC(=O)[C@@H]1CN(C(=O)O)CC12CNC2.Cl. The van der Waals surface area contributed by atoms with Gasteiger partial charge in [0.25, 0.3) is 0 Å². The summed E-state index contributed by atoms with van der Waals surface area (Å²) >= 11 is 0. The molecule has 2 aliphatic rings. The number of halogens is 1. The second kappa shape index (κ2) is 4.47. The maximum atomic E-state index is 11.5. The van der Waals surface area contributed by atoms with Crippen molar-refractivity contribution in [1.82, 2.24) is 10.2 Å². The third kappa shape index (κ3) is 1.82. The molecular weight excluding hydrogens is 236 g/mol. The Morgan fingerprint density at radius 3 is 2.50 bits per heavy atom. The number of methoxy groups -OCH3 is 1. The number of hydrogen-bond donors (Lipinski definition) is 2. The van der Waals surface area contributed by atoms with Crippen LogP contribution in [0.3, 0.4) is 0 Å². The lowest BCUT2D eigenvalue weighted by atomic mass is 9.73. The lowest BCUT2D eigenvalue weighted by Crippen LogP contribution is -2.59. The van der Waals surface area contributed by atoms with E-state index in [0.29, 0.717) is 19.6 Å². The minimum atomic E-state index is -0.965. The summed E-state index contributed by atoms with van der Waals surface area (Å²) in [6.45, 7) is 2.06. The Hall–Kier alpha value is -1.01. The smallest absolute Gasteiger partial charge is 0.407 e. The van der Waals surface area contributed by atoms with E-state index in [-0.39, 0.29) is 36.3 Å². The molecule has 1 atom stereocenters. The highest BCUT2D eigenvalue weighted by Gasteiger charge is 2.55. The van der Waals surface area contributed by atoms with Gasteiger partial charge in [-0.2, -0.15) is 0 Å². The van der Waals surface area contributed by atoms with Gasteiger partial charge in [-0.25, -0.2) is 4.79 Å². The molecule has 0 radical (unpaired) electrons. The first-order valence-corrected chi connectivity index (χ1v) is 4.85. The summed E-state index contributed by atoms with van der Waals surface area (Å²) in [7, 11) is 1.34. The summed E-state index contributed by atoms with van der Waals surface area (Å²) in [5.74, 6) is -0.625. The van der Waals surface area contributed by atoms with E-state index in [1.165, 1.54) is 12.0 Å². The average Bonchev–Trinajstić information content (AvgIpc) is 2.56. The largest absolute Gasteiger partial charge is 0.469 e. The van der Waals surface area contributed by atoms with Crippen molar-refractivity contribution in [2.75, 3.05) is 33.3 Å². The monoisotopic (exact) mass is 250 g/mol. The molecule has 1 amide bonds. The molecule has 0 aromatic carbocycles. The van der Waals surface area contributed by atoms with Crippen molar-refractivity contribution >= 4 is 24.5 Å². The standard InChI is InChI=1S/C9H14N2O4.ClH/c1-15-7(12)6-2-11(8(13)14)5-9(6)3-10-4-9;/h6,10H,2-5H2,1H3,(H,13,14);1H/t6-;/m0./s1. The molecule has 2 fully saturated rings. The summed E-state index contributed by atoms with van der Waals surface area (Å²) in [6.07, 6.45) is -0.965. The zero-order chi connectivity index (χ0) is 11.1. The van der Waals surface area contributed by atoms with Crippen LogP contribution in [0.15, 0.2) is 0 Å². The van der Waals surface area contributed by atoms with Gasteiger partial charge < -0.3 is 20.1 Å². The summed E-state index contributed by atoms with van der Waals surface area (Å²) in [6, 6.07) is 0. The van der Waals surface area contributed by atoms with Crippen LogP contribution in [0, 0.1) is 11.3 Å². The normalized spacial score (nSPS) is 25.8. The van der Waals surface area contributed by atoms with E-state index in [0.717, 1.165) is 0 Å². The van der Waals surface area contributed by atoms with E-state index >= 15 is 0 Å². The zero-order valence-electron chi connectivity index (χ0n) is 8.93. The molecule has 92 valence electrons. The summed E-state index contributed by atoms with van der Waals surface area (Å²) < 4.78 is 4.71. The van der Waals surface area contributed by atoms with Crippen LogP contribution < -0.4 is 5.32 Å². The molecule has 6 nitrogen and oxygen atoms in total. The first kappa shape index (κ1) is 13.1. The highest BCUT2D eigenvalue weighted by atomic mass is 35.5. The minimum Gasteiger partial charge on any atom is -0.469 e. The summed E-state index contributed by atoms with van der Waals surface area (Å²) in [4.78, 5) is 23.7. The van der Waals surface area contributed by atoms with Crippen molar-refractivity contribution in [2.24, 2.45) is 11.3 Å². The summed E-state index contributed by atoms with van der Waals surface area (Å²) in [5.41, 5.74) is -0.231. The molecule has 16 heavy (non-hydrogen) atoms. The number of esters is 1. The van der Waals surface area contributed by atoms with Crippen LogP contribution in [0.1, 0.15) is 0 Å². The van der Waals surface area contributed by atoms with E-state index in [9.17, 15) is 9.59 Å². The van der Waals surface area contributed by atoms with Gasteiger partial charge in [0.2, 0.25) is 0 Å². The third-order valence-electron chi connectivity index (χ3n) is 3.36. The fourth-order valence-electron chi connectivity index (χ4n) is 2.39. The number of carbonyl (C=O) groups is 2. The van der Waals surface area contributed by atoms with E-state index < -0.39 is 6.09 Å². The zero-order valence-corrected chi connectivity index (χ0v) is 9.75. The van der Waals surface area contributed by atoms with Gasteiger partial charge in [-0.1, -0.05) is 0 Å². The number of ether oxygens (including phenoxy) is 1. The first-order chi connectivity index (χ1) is 7.09. The van der Waals surface area contributed by atoms with Crippen LogP contribution in [0.5, 0.6) is 0 Å². The van der Waals surface area contributed by atoms with Crippen molar-refractivity contribution in [3.63, 3.8) is 0 Å². The Labute approximate surface area is 99.3 Å².